The molecule has 0 aliphatic carbocycles. The first kappa shape index (κ1) is 14.0. The first-order chi connectivity index (χ1) is 9.61. The van der Waals surface area contributed by atoms with Crippen molar-refractivity contribution in [2.75, 3.05) is 17.2 Å². The maximum atomic E-state index is 12.3. The molecular weight excluding hydrogens is 254 g/mol. The normalized spacial score (nSPS) is 10.3. The average Bonchev–Trinajstić information content (AvgIpc) is 2.75. The van der Waals surface area contributed by atoms with Crippen molar-refractivity contribution in [2.24, 2.45) is 7.05 Å². The molecule has 0 atom stereocenters. The monoisotopic (exact) mass is 273 g/mol. The summed E-state index contributed by atoms with van der Waals surface area (Å²) in [6, 6.07) is 3.54. The van der Waals surface area contributed by atoms with Crippen molar-refractivity contribution < 1.29 is 4.79 Å². The summed E-state index contributed by atoms with van der Waals surface area (Å²) in [7, 11) is 1.80. The van der Waals surface area contributed by atoms with Crippen LogP contribution in [0.2, 0.25) is 0 Å². The highest BCUT2D eigenvalue weighted by molar-refractivity contribution is 6.07. The molecular formula is C14H19N5O. The van der Waals surface area contributed by atoms with Gasteiger partial charge in [0.15, 0.2) is 0 Å². The summed E-state index contributed by atoms with van der Waals surface area (Å²) in [6.45, 7) is 4.76. The number of pyridine rings is 1. The Morgan fingerprint density at radius 2 is 2.25 bits per heavy atom. The number of carbonyl (C=O) groups excluding carboxylic acids is 1. The van der Waals surface area contributed by atoms with E-state index in [0.29, 0.717) is 11.4 Å². The van der Waals surface area contributed by atoms with E-state index in [2.05, 4.69) is 27.6 Å². The van der Waals surface area contributed by atoms with Gasteiger partial charge in [0.1, 0.15) is 5.82 Å². The number of nitrogens with zero attached hydrogens (tertiary/aromatic N) is 3. The molecule has 2 N–H and O–H groups in total. The van der Waals surface area contributed by atoms with Crippen LogP contribution in [-0.2, 0) is 7.05 Å². The minimum atomic E-state index is -0.172. The van der Waals surface area contributed by atoms with Crippen LogP contribution in [0, 0.1) is 6.92 Å². The van der Waals surface area contributed by atoms with E-state index in [1.807, 2.05) is 13.0 Å². The van der Waals surface area contributed by atoms with Gasteiger partial charge in [-0.15, -0.1) is 0 Å². The molecule has 0 bridgehead atoms. The van der Waals surface area contributed by atoms with E-state index in [1.54, 1.807) is 30.2 Å². The number of anilines is 2. The Balaban J connectivity index is 2.18. The molecule has 0 spiro atoms. The van der Waals surface area contributed by atoms with Crippen molar-refractivity contribution in [3.8, 4) is 0 Å². The van der Waals surface area contributed by atoms with Gasteiger partial charge in [-0.2, -0.15) is 5.10 Å². The molecule has 0 saturated heterocycles. The highest BCUT2D eigenvalue weighted by atomic mass is 16.1. The number of aromatic nitrogens is 3. The lowest BCUT2D eigenvalue weighted by atomic mass is 10.2. The first-order valence-electron chi connectivity index (χ1n) is 6.61. The van der Waals surface area contributed by atoms with Crippen LogP contribution in [0.1, 0.15) is 29.4 Å². The summed E-state index contributed by atoms with van der Waals surface area (Å²) < 4.78 is 1.65. The molecule has 106 valence electrons. The fourth-order valence-electron chi connectivity index (χ4n) is 1.90. The quantitative estimate of drug-likeness (QED) is 0.876. The van der Waals surface area contributed by atoms with Gasteiger partial charge >= 0.3 is 0 Å². The molecule has 0 fully saturated rings. The van der Waals surface area contributed by atoms with Crippen LogP contribution in [0.3, 0.4) is 0 Å². The highest BCUT2D eigenvalue weighted by Gasteiger charge is 2.13. The van der Waals surface area contributed by atoms with Gasteiger partial charge in [-0.25, -0.2) is 0 Å². The van der Waals surface area contributed by atoms with Crippen molar-refractivity contribution in [1.82, 2.24) is 14.8 Å². The summed E-state index contributed by atoms with van der Waals surface area (Å²) in [5.74, 6) is 0.500. The number of hydrogen-bond donors (Lipinski definition) is 2. The molecule has 0 radical (unpaired) electrons. The molecule has 1 amide bonds. The summed E-state index contributed by atoms with van der Waals surface area (Å²) in [5.41, 5.74) is 2.18. The van der Waals surface area contributed by atoms with Crippen molar-refractivity contribution >= 4 is 17.4 Å². The molecule has 6 heteroatoms. The van der Waals surface area contributed by atoms with E-state index in [0.717, 1.165) is 24.3 Å². The van der Waals surface area contributed by atoms with Gasteiger partial charge < -0.3 is 10.6 Å². The van der Waals surface area contributed by atoms with Gasteiger partial charge in [0.25, 0.3) is 5.91 Å². The predicted octanol–water partition coefficient (Wildman–Crippen LogP) is 2.20. The molecule has 2 rings (SSSR count). The summed E-state index contributed by atoms with van der Waals surface area (Å²) in [5, 5.41) is 10.3. The van der Waals surface area contributed by atoms with Gasteiger partial charge in [0.2, 0.25) is 0 Å². The first-order valence-corrected chi connectivity index (χ1v) is 6.61. The highest BCUT2D eigenvalue weighted by Crippen LogP contribution is 2.16. The maximum absolute atomic E-state index is 12.3. The summed E-state index contributed by atoms with van der Waals surface area (Å²) in [4.78, 5) is 16.4. The summed E-state index contributed by atoms with van der Waals surface area (Å²) in [6.07, 6.45) is 4.26. The zero-order chi connectivity index (χ0) is 14.5. The average molecular weight is 273 g/mol. The smallest absolute Gasteiger partial charge is 0.259 e. The lowest BCUT2D eigenvalue weighted by Gasteiger charge is -2.11. The standard InChI is InChI=1S/C14H19N5O/c1-4-6-16-12-9-15-7-5-11(12)14(20)17-13-8-10(2)18-19(13)3/h5,7-9,16H,4,6H2,1-3H3,(H,17,20). The third-order valence-electron chi connectivity index (χ3n) is 2.87. The van der Waals surface area contributed by atoms with Crippen LogP contribution in [0.25, 0.3) is 0 Å². The van der Waals surface area contributed by atoms with E-state index in [1.165, 1.54) is 0 Å². The molecule has 20 heavy (non-hydrogen) atoms. The van der Waals surface area contributed by atoms with E-state index in [-0.39, 0.29) is 5.91 Å². The molecule has 0 aliphatic heterocycles. The van der Waals surface area contributed by atoms with E-state index >= 15 is 0 Å². The number of nitrogens with one attached hydrogen (secondary N) is 2. The third kappa shape index (κ3) is 3.14. The molecule has 0 aromatic carbocycles. The van der Waals surface area contributed by atoms with Gasteiger partial charge in [-0.1, -0.05) is 6.92 Å². The largest absolute Gasteiger partial charge is 0.383 e. The molecule has 2 aromatic rings. The van der Waals surface area contributed by atoms with Gasteiger partial charge in [0, 0.05) is 25.9 Å². The molecule has 2 aromatic heterocycles. The Morgan fingerprint density at radius 1 is 1.45 bits per heavy atom. The second-order valence-corrected chi connectivity index (χ2v) is 4.60. The van der Waals surface area contributed by atoms with Gasteiger partial charge in [-0.05, 0) is 19.4 Å². The number of carbonyl (C=O) groups is 1. The Morgan fingerprint density at radius 3 is 2.90 bits per heavy atom. The molecule has 0 saturated carbocycles. The van der Waals surface area contributed by atoms with Crippen LogP contribution in [0.5, 0.6) is 0 Å². The van der Waals surface area contributed by atoms with Crippen LogP contribution < -0.4 is 10.6 Å². The fraction of sp³-hybridized carbons (Fsp3) is 0.357. The van der Waals surface area contributed by atoms with E-state index < -0.39 is 0 Å². The zero-order valence-electron chi connectivity index (χ0n) is 12.0. The lowest BCUT2D eigenvalue weighted by Crippen LogP contribution is -2.17. The Hall–Kier alpha value is -2.37. The summed E-state index contributed by atoms with van der Waals surface area (Å²) >= 11 is 0. The van der Waals surface area contributed by atoms with Gasteiger partial charge in [0.05, 0.1) is 23.1 Å². The number of hydrogen-bond acceptors (Lipinski definition) is 4. The topological polar surface area (TPSA) is 71.8 Å². The lowest BCUT2D eigenvalue weighted by molar-refractivity contribution is 0.102. The minimum absolute atomic E-state index is 0.172. The number of aryl methyl sites for hydroxylation is 2. The molecule has 0 unspecified atom stereocenters. The van der Waals surface area contributed by atoms with Crippen molar-refractivity contribution in [3.63, 3.8) is 0 Å². The zero-order valence-corrected chi connectivity index (χ0v) is 12.0. The Bertz CT molecular complexity index is 605. The fourth-order valence-corrected chi connectivity index (χ4v) is 1.90. The third-order valence-corrected chi connectivity index (χ3v) is 2.87. The maximum Gasteiger partial charge on any atom is 0.259 e. The number of rotatable bonds is 5. The van der Waals surface area contributed by atoms with Crippen molar-refractivity contribution in [1.29, 1.82) is 0 Å². The molecule has 2 heterocycles. The minimum Gasteiger partial charge on any atom is -0.383 e. The predicted molar refractivity (Wildman–Crippen MR) is 78.9 cm³/mol. The van der Waals surface area contributed by atoms with Crippen molar-refractivity contribution in [3.05, 3.63) is 35.8 Å². The molecule has 0 aliphatic rings. The van der Waals surface area contributed by atoms with Crippen LogP contribution in [-0.4, -0.2) is 27.2 Å². The Labute approximate surface area is 118 Å². The molecule has 6 nitrogen and oxygen atoms in total. The Kier molecular flexibility index (Phi) is 4.34. The van der Waals surface area contributed by atoms with Crippen LogP contribution in [0.4, 0.5) is 11.5 Å². The van der Waals surface area contributed by atoms with Crippen molar-refractivity contribution in [2.45, 2.75) is 20.3 Å². The van der Waals surface area contributed by atoms with Gasteiger partial charge in [-0.3, -0.25) is 14.5 Å². The van der Waals surface area contributed by atoms with Crippen LogP contribution >= 0.6 is 0 Å². The second-order valence-electron chi connectivity index (χ2n) is 4.60. The number of amides is 1. The van der Waals surface area contributed by atoms with E-state index in [9.17, 15) is 4.79 Å². The SMILES string of the molecule is CCCNc1cnccc1C(=O)Nc1cc(C)nn1C. The van der Waals surface area contributed by atoms with E-state index in [4.69, 9.17) is 0 Å². The second kappa shape index (κ2) is 6.18. The van der Waals surface area contributed by atoms with Crippen LogP contribution in [0.15, 0.2) is 24.5 Å².